The Morgan fingerprint density at radius 3 is 2.43 bits per heavy atom. The fourth-order valence-corrected chi connectivity index (χ4v) is 4.84. The molecule has 214 valence electrons. The van der Waals surface area contributed by atoms with Gasteiger partial charge in [-0.3, -0.25) is 14.4 Å². The van der Waals surface area contributed by atoms with Crippen molar-refractivity contribution in [1.29, 1.82) is 0 Å². The van der Waals surface area contributed by atoms with Gasteiger partial charge in [-0.25, -0.2) is 0 Å². The number of benzene rings is 4. The number of thioether (sulfide) groups is 1. The summed E-state index contributed by atoms with van der Waals surface area (Å²) in [5.41, 5.74) is 3.19. The molecule has 0 saturated carbocycles. The van der Waals surface area contributed by atoms with Crippen molar-refractivity contribution in [3.8, 4) is 5.75 Å². The van der Waals surface area contributed by atoms with Crippen LogP contribution in [0.1, 0.15) is 28.4 Å². The predicted molar refractivity (Wildman–Crippen MR) is 170 cm³/mol. The van der Waals surface area contributed by atoms with Crippen LogP contribution in [0, 0.1) is 6.92 Å². The Kier molecular flexibility index (Phi) is 10.8. The minimum atomic E-state index is -0.512. The lowest BCUT2D eigenvalue weighted by atomic mass is 10.1. The van der Waals surface area contributed by atoms with Crippen LogP contribution < -0.4 is 20.7 Å². The van der Waals surface area contributed by atoms with Gasteiger partial charge < -0.3 is 20.7 Å². The van der Waals surface area contributed by atoms with Crippen molar-refractivity contribution in [2.45, 2.75) is 18.7 Å². The van der Waals surface area contributed by atoms with Gasteiger partial charge in [-0.05, 0) is 74.0 Å². The lowest BCUT2D eigenvalue weighted by molar-refractivity contribution is -0.114. The normalized spacial score (nSPS) is 11.0. The van der Waals surface area contributed by atoms with E-state index >= 15 is 0 Å². The van der Waals surface area contributed by atoms with Gasteiger partial charge in [-0.15, -0.1) is 11.8 Å². The Morgan fingerprint density at radius 1 is 0.881 bits per heavy atom. The van der Waals surface area contributed by atoms with Crippen LogP contribution in [0.25, 0.3) is 6.08 Å². The summed E-state index contributed by atoms with van der Waals surface area (Å²) in [7, 11) is 0. The summed E-state index contributed by atoms with van der Waals surface area (Å²) < 4.78 is 5.71. The third-order valence-corrected chi connectivity index (χ3v) is 7.21. The summed E-state index contributed by atoms with van der Waals surface area (Å²) in [5, 5.41) is 9.03. The lowest BCUT2D eigenvalue weighted by Gasteiger charge is -2.13. The van der Waals surface area contributed by atoms with Crippen LogP contribution in [0.4, 0.5) is 11.4 Å². The van der Waals surface area contributed by atoms with Crippen LogP contribution in [-0.2, 0) is 9.59 Å². The first-order valence-electron chi connectivity index (χ1n) is 13.2. The van der Waals surface area contributed by atoms with Crippen molar-refractivity contribution in [3.63, 3.8) is 0 Å². The van der Waals surface area contributed by atoms with Crippen molar-refractivity contribution in [3.05, 3.63) is 124 Å². The van der Waals surface area contributed by atoms with Gasteiger partial charge in [-0.1, -0.05) is 60.1 Å². The monoisotopic (exact) mass is 599 g/mol. The molecule has 0 fully saturated rings. The van der Waals surface area contributed by atoms with Crippen molar-refractivity contribution >= 4 is 58.5 Å². The van der Waals surface area contributed by atoms with Crippen LogP contribution in [0.5, 0.6) is 5.75 Å². The minimum absolute atomic E-state index is 0.0466. The van der Waals surface area contributed by atoms with Crippen LogP contribution in [0.2, 0.25) is 5.02 Å². The van der Waals surface area contributed by atoms with Crippen LogP contribution in [0.15, 0.2) is 108 Å². The zero-order valence-electron chi connectivity index (χ0n) is 23.1. The number of hydrogen-bond acceptors (Lipinski definition) is 5. The highest BCUT2D eigenvalue weighted by molar-refractivity contribution is 8.00. The number of para-hydroxylation sites is 1. The summed E-state index contributed by atoms with van der Waals surface area (Å²) in [6, 6.07) is 28.4. The first-order chi connectivity index (χ1) is 20.3. The quantitative estimate of drug-likeness (QED) is 0.125. The Balaban J connectivity index is 1.49. The molecule has 0 aliphatic heterocycles. The van der Waals surface area contributed by atoms with Gasteiger partial charge in [0.1, 0.15) is 11.4 Å². The molecule has 3 amide bonds. The third-order valence-electron chi connectivity index (χ3n) is 5.98. The van der Waals surface area contributed by atoms with Crippen molar-refractivity contribution in [2.75, 3.05) is 23.0 Å². The molecular formula is C33H30ClN3O4S. The fourth-order valence-electron chi connectivity index (χ4n) is 3.91. The first-order valence-corrected chi connectivity index (χ1v) is 14.6. The molecule has 0 bridgehead atoms. The molecule has 9 heteroatoms. The molecule has 0 atom stereocenters. The highest BCUT2D eigenvalue weighted by atomic mass is 35.5. The molecule has 0 aromatic heterocycles. The van der Waals surface area contributed by atoms with Gasteiger partial charge in [-0.2, -0.15) is 0 Å². The van der Waals surface area contributed by atoms with E-state index < -0.39 is 11.8 Å². The molecule has 0 unspecified atom stereocenters. The van der Waals surface area contributed by atoms with Crippen LogP contribution >= 0.6 is 23.4 Å². The zero-order chi connectivity index (χ0) is 29.9. The molecule has 7 nitrogen and oxygen atoms in total. The lowest BCUT2D eigenvalue weighted by Crippen LogP contribution is -2.30. The molecule has 0 heterocycles. The zero-order valence-corrected chi connectivity index (χ0v) is 24.7. The smallest absolute Gasteiger partial charge is 0.272 e. The van der Waals surface area contributed by atoms with E-state index in [4.69, 9.17) is 16.3 Å². The Hall–Kier alpha value is -4.53. The number of hydrogen-bond donors (Lipinski definition) is 3. The van der Waals surface area contributed by atoms with Crippen LogP contribution in [-0.4, -0.2) is 30.1 Å². The molecule has 3 N–H and O–H groups in total. The van der Waals surface area contributed by atoms with Gasteiger partial charge in [0.05, 0.1) is 12.4 Å². The van der Waals surface area contributed by atoms with E-state index in [9.17, 15) is 14.4 Å². The van der Waals surface area contributed by atoms with Gasteiger partial charge >= 0.3 is 0 Å². The highest BCUT2D eigenvalue weighted by Crippen LogP contribution is 2.25. The van der Waals surface area contributed by atoms with E-state index in [1.165, 1.54) is 11.8 Å². The van der Waals surface area contributed by atoms with Crippen molar-refractivity contribution in [2.24, 2.45) is 0 Å². The van der Waals surface area contributed by atoms with E-state index in [0.717, 1.165) is 10.5 Å². The topological polar surface area (TPSA) is 96.5 Å². The number of amides is 3. The van der Waals surface area contributed by atoms with Gasteiger partial charge in [0.2, 0.25) is 5.91 Å². The second-order valence-electron chi connectivity index (χ2n) is 9.13. The molecule has 42 heavy (non-hydrogen) atoms. The Morgan fingerprint density at radius 2 is 1.64 bits per heavy atom. The largest absolute Gasteiger partial charge is 0.493 e. The van der Waals surface area contributed by atoms with Crippen LogP contribution in [0.3, 0.4) is 0 Å². The number of carbonyl (C=O) groups is 3. The molecule has 0 saturated heterocycles. The van der Waals surface area contributed by atoms with E-state index in [1.54, 1.807) is 72.8 Å². The molecule has 4 rings (SSSR count). The number of anilines is 2. The first kappa shape index (κ1) is 30.4. The van der Waals surface area contributed by atoms with E-state index in [2.05, 4.69) is 16.0 Å². The molecule has 4 aromatic rings. The number of ether oxygens (including phenoxy) is 1. The number of rotatable bonds is 11. The number of nitrogens with one attached hydrogen (secondary N) is 3. The minimum Gasteiger partial charge on any atom is -0.493 e. The SMILES string of the molecule is CCOc1ccccc1/C=C(/NC(=O)c1ccccc1)C(=O)Nc1cccc(SCC(=O)Nc2cc(Cl)ccc2C)c1. The van der Waals surface area contributed by atoms with Gasteiger partial charge in [0.15, 0.2) is 0 Å². The maximum Gasteiger partial charge on any atom is 0.272 e. The maximum absolute atomic E-state index is 13.5. The molecule has 0 aliphatic carbocycles. The van der Waals surface area contributed by atoms with Gasteiger partial charge in [0, 0.05) is 32.4 Å². The number of carbonyl (C=O) groups excluding carboxylic acids is 3. The molecule has 4 aromatic carbocycles. The van der Waals surface area contributed by atoms with E-state index in [0.29, 0.717) is 39.9 Å². The standard InChI is InChI=1S/C33H30ClN3O4S/c1-3-41-30-15-8-7-12-24(30)18-29(37-32(39)23-10-5-4-6-11-23)33(40)35-26-13-9-14-27(20-26)42-21-31(38)36-28-19-25(34)17-16-22(28)2/h4-20H,3,21H2,1-2H3,(H,35,40)(H,36,38)(H,37,39)/b29-18+. The predicted octanol–water partition coefficient (Wildman–Crippen LogP) is 7.19. The van der Waals surface area contributed by atoms with E-state index in [1.807, 2.05) is 44.2 Å². The highest BCUT2D eigenvalue weighted by Gasteiger charge is 2.16. The summed E-state index contributed by atoms with van der Waals surface area (Å²) >= 11 is 7.38. The number of halogens is 1. The second-order valence-corrected chi connectivity index (χ2v) is 10.6. The molecule has 0 radical (unpaired) electrons. The Bertz CT molecular complexity index is 1610. The third kappa shape index (κ3) is 8.73. The summed E-state index contributed by atoms with van der Waals surface area (Å²) in [6.07, 6.45) is 1.59. The summed E-state index contributed by atoms with van der Waals surface area (Å²) in [6.45, 7) is 4.22. The summed E-state index contributed by atoms with van der Waals surface area (Å²) in [5.74, 6) is -0.362. The van der Waals surface area contributed by atoms with Gasteiger partial charge in [0.25, 0.3) is 11.8 Å². The van der Waals surface area contributed by atoms with Crippen molar-refractivity contribution < 1.29 is 19.1 Å². The maximum atomic E-state index is 13.5. The molecule has 0 spiro atoms. The average molecular weight is 600 g/mol. The second kappa shape index (κ2) is 14.9. The molecular weight excluding hydrogens is 570 g/mol. The van der Waals surface area contributed by atoms with Crippen molar-refractivity contribution in [1.82, 2.24) is 5.32 Å². The van der Waals surface area contributed by atoms with E-state index in [-0.39, 0.29) is 17.4 Å². The summed E-state index contributed by atoms with van der Waals surface area (Å²) in [4.78, 5) is 39.8. The molecule has 0 aliphatic rings. The Labute approximate surface area is 254 Å². The fraction of sp³-hybridized carbons (Fsp3) is 0.121. The number of aryl methyl sites for hydroxylation is 1. The average Bonchev–Trinajstić information content (AvgIpc) is 2.99.